The van der Waals surface area contributed by atoms with Gasteiger partial charge in [0.1, 0.15) is 35.2 Å². The summed E-state index contributed by atoms with van der Waals surface area (Å²) in [7, 11) is 1.56. The van der Waals surface area contributed by atoms with Gasteiger partial charge in [-0.3, -0.25) is 9.59 Å². The van der Waals surface area contributed by atoms with Crippen LogP contribution in [0.2, 0.25) is 10.0 Å². The van der Waals surface area contributed by atoms with Gasteiger partial charge in [-0.1, -0.05) is 35.3 Å². The van der Waals surface area contributed by atoms with Gasteiger partial charge in [-0.25, -0.2) is 8.78 Å². The Balaban J connectivity index is 1.34. The number of ether oxygens (including phenoxy) is 2. The fraction of sp³-hybridized carbons (Fsp3) is 0.333. The molecule has 2 heterocycles. The molecule has 0 spiro atoms. The molecule has 1 fully saturated rings. The van der Waals surface area contributed by atoms with Gasteiger partial charge in [-0.05, 0) is 55.2 Å². The van der Waals surface area contributed by atoms with Crippen LogP contribution in [0, 0.1) is 17.0 Å². The van der Waals surface area contributed by atoms with Gasteiger partial charge in [0, 0.05) is 31.1 Å². The minimum absolute atomic E-state index is 0.0871. The van der Waals surface area contributed by atoms with Gasteiger partial charge in [0.2, 0.25) is 5.91 Å². The number of carboxylic acids is 1. The molecule has 0 radical (unpaired) electrons. The first-order valence-corrected chi connectivity index (χ1v) is 13.9. The molecule has 1 amide bonds. The molecule has 5 rings (SSSR count). The lowest BCUT2D eigenvalue weighted by atomic mass is 9.79. The molecular formula is C30H28Cl2F2N2O5. The number of nitrogens with zero attached hydrogens (tertiary/aromatic N) is 2. The zero-order chi connectivity index (χ0) is 29.3. The van der Waals surface area contributed by atoms with Gasteiger partial charge in [-0.15, -0.1) is 0 Å². The SMILES string of the molecule is COc1ccc(CN2C(=O)CCc3c(OCC4(C(=O)O)CCN(c5cc(F)c(Cl)cc5Cl)CC4)ccc(F)c32)cc1. The summed E-state index contributed by atoms with van der Waals surface area (Å²) in [6.07, 6.45) is 0.873. The molecule has 3 aromatic carbocycles. The summed E-state index contributed by atoms with van der Waals surface area (Å²) < 4.78 is 40.5. The van der Waals surface area contributed by atoms with Crippen LogP contribution in [0.15, 0.2) is 48.5 Å². The number of carboxylic acid groups (broad SMARTS) is 1. The molecule has 216 valence electrons. The summed E-state index contributed by atoms with van der Waals surface area (Å²) in [5.41, 5.74) is 0.702. The van der Waals surface area contributed by atoms with Crippen LogP contribution in [0.5, 0.6) is 11.5 Å². The van der Waals surface area contributed by atoms with Crippen LogP contribution in [0.4, 0.5) is 20.2 Å². The molecule has 7 nitrogen and oxygen atoms in total. The second kappa shape index (κ2) is 11.7. The van der Waals surface area contributed by atoms with E-state index in [0.717, 1.165) is 5.56 Å². The van der Waals surface area contributed by atoms with Gasteiger partial charge < -0.3 is 24.4 Å². The highest BCUT2D eigenvalue weighted by atomic mass is 35.5. The van der Waals surface area contributed by atoms with Gasteiger partial charge >= 0.3 is 5.97 Å². The predicted molar refractivity (Wildman–Crippen MR) is 152 cm³/mol. The Hall–Kier alpha value is -3.56. The van der Waals surface area contributed by atoms with E-state index in [2.05, 4.69) is 0 Å². The molecule has 1 saturated heterocycles. The minimum atomic E-state index is -1.22. The van der Waals surface area contributed by atoms with E-state index >= 15 is 4.39 Å². The first-order valence-electron chi connectivity index (χ1n) is 13.1. The van der Waals surface area contributed by atoms with Gasteiger partial charge in [0.05, 0.1) is 35.1 Å². The highest BCUT2D eigenvalue weighted by Gasteiger charge is 2.43. The van der Waals surface area contributed by atoms with Crippen molar-refractivity contribution < 1.29 is 33.0 Å². The Kier molecular flexibility index (Phi) is 8.29. The number of benzene rings is 3. The van der Waals surface area contributed by atoms with Crippen molar-refractivity contribution in [3.63, 3.8) is 0 Å². The van der Waals surface area contributed by atoms with E-state index in [0.29, 0.717) is 35.8 Å². The van der Waals surface area contributed by atoms with E-state index in [1.165, 1.54) is 29.2 Å². The highest BCUT2D eigenvalue weighted by molar-refractivity contribution is 6.36. The maximum Gasteiger partial charge on any atom is 0.313 e. The first kappa shape index (κ1) is 29.0. The Morgan fingerprint density at radius 1 is 1.00 bits per heavy atom. The standard InChI is InChI=1S/C30H28Cl2F2N2O5/c1-40-19-4-2-18(3-5-19)16-36-27(37)9-6-20-26(8-7-23(33)28(20)36)41-17-30(29(38)39)10-12-35(13-11-30)25-15-24(34)21(31)14-22(25)32/h2-5,7-8,14-15H,6,9-13,16-17H2,1H3,(H,38,39). The largest absolute Gasteiger partial charge is 0.497 e. The lowest BCUT2D eigenvalue weighted by Gasteiger charge is -2.40. The second-order valence-corrected chi connectivity index (χ2v) is 11.1. The van der Waals surface area contributed by atoms with Crippen LogP contribution in [0.1, 0.15) is 30.4 Å². The van der Waals surface area contributed by atoms with Crippen molar-refractivity contribution in [2.24, 2.45) is 5.41 Å². The van der Waals surface area contributed by atoms with E-state index in [-0.39, 0.29) is 60.5 Å². The van der Waals surface area contributed by atoms with E-state index < -0.39 is 23.0 Å². The maximum atomic E-state index is 15.2. The van der Waals surface area contributed by atoms with Crippen LogP contribution in [-0.2, 0) is 22.6 Å². The molecule has 1 N–H and O–H groups in total. The van der Waals surface area contributed by atoms with Crippen molar-refractivity contribution in [1.82, 2.24) is 0 Å². The Morgan fingerprint density at radius 2 is 1.71 bits per heavy atom. The summed E-state index contributed by atoms with van der Waals surface area (Å²) in [6, 6.07) is 12.5. The summed E-state index contributed by atoms with van der Waals surface area (Å²) >= 11 is 12.1. The van der Waals surface area contributed by atoms with Gasteiger partial charge in [0.15, 0.2) is 0 Å². The molecular weight excluding hydrogens is 577 g/mol. The molecule has 0 aliphatic carbocycles. The topological polar surface area (TPSA) is 79.3 Å². The van der Waals surface area contributed by atoms with Crippen molar-refractivity contribution >= 4 is 46.5 Å². The van der Waals surface area contributed by atoms with Crippen LogP contribution < -0.4 is 19.3 Å². The molecule has 2 aliphatic rings. The number of rotatable bonds is 8. The number of anilines is 2. The fourth-order valence-corrected chi connectivity index (χ4v) is 5.90. The Labute approximate surface area is 246 Å². The number of fused-ring (bicyclic) bond motifs is 1. The molecule has 11 heteroatoms. The smallest absolute Gasteiger partial charge is 0.313 e. The molecule has 0 atom stereocenters. The van der Waals surface area contributed by atoms with E-state index in [4.69, 9.17) is 32.7 Å². The summed E-state index contributed by atoms with van der Waals surface area (Å²) in [4.78, 5) is 28.6. The lowest BCUT2D eigenvalue weighted by molar-refractivity contribution is -0.152. The zero-order valence-electron chi connectivity index (χ0n) is 22.3. The van der Waals surface area contributed by atoms with Crippen LogP contribution >= 0.6 is 23.2 Å². The van der Waals surface area contributed by atoms with Crippen molar-refractivity contribution in [2.45, 2.75) is 32.2 Å². The van der Waals surface area contributed by atoms with Gasteiger partial charge in [-0.2, -0.15) is 0 Å². The molecule has 2 aliphatic heterocycles. The molecule has 0 unspecified atom stereocenters. The summed E-state index contributed by atoms with van der Waals surface area (Å²) in [5, 5.41) is 10.4. The highest BCUT2D eigenvalue weighted by Crippen LogP contribution is 2.41. The molecule has 0 aromatic heterocycles. The van der Waals surface area contributed by atoms with Gasteiger partial charge in [0.25, 0.3) is 0 Å². The van der Waals surface area contributed by atoms with Crippen molar-refractivity contribution in [2.75, 3.05) is 36.6 Å². The fourth-order valence-electron chi connectivity index (χ4n) is 5.40. The monoisotopic (exact) mass is 604 g/mol. The number of amides is 1. The van der Waals surface area contributed by atoms with Crippen molar-refractivity contribution in [1.29, 1.82) is 0 Å². The first-order chi connectivity index (χ1) is 19.6. The lowest BCUT2D eigenvalue weighted by Crippen LogP contribution is -2.48. The third-order valence-corrected chi connectivity index (χ3v) is 8.45. The summed E-state index contributed by atoms with van der Waals surface area (Å²) in [5.74, 6) is -1.37. The Bertz CT molecular complexity index is 1480. The van der Waals surface area contributed by atoms with E-state index in [9.17, 15) is 19.1 Å². The zero-order valence-corrected chi connectivity index (χ0v) is 23.8. The number of piperidine rings is 1. The number of hydrogen-bond acceptors (Lipinski definition) is 5. The average molecular weight is 605 g/mol. The number of aliphatic carboxylic acids is 1. The second-order valence-electron chi connectivity index (χ2n) is 10.3. The van der Waals surface area contributed by atoms with Crippen molar-refractivity contribution in [3.05, 3.63) is 81.3 Å². The molecule has 0 saturated carbocycles. The third kappa shape index (κ3) is 5.78. The molecule has 0 bridgehead atoms. The molecule has 41 heavy (non-hydrogen) atoms. The number of halogens is 4. The number of hydrogen-bond donors (Lipinski definition) is 1. The van der Waals surface area contributed by atoms with Crippen LogP contribution in [-0.4, -0.2) is 43.8 Å². The number of carbonyl (C=O) groups is 2. The predicted octanol–water partition coefficient (Wildman–Crippen LogP) is 6.51. The van der Waals surface area contributed by atoms with Crippen molar-refractivity contribution in [3.8, 4) is 11.5 Å². The number of methoxy groups -OCH3 is 1. The quantitative estimate of drug-likeness (QED) is 0.295. The van der Waals surface area contributed by atoms with E-state index in [1.54, 1.807) is 19.2 Å². The Morgan fingerprint density at radius 3 is 2.37 bits per heavy atom. The molecule has 3 aromatic rings. The number of carbonyl (C=O) groups excluding carboxylic acids is 1. The normalized spacial score (nSPS) is 16.4. The summed E-state index contributed by atoms with van der Waals surface area (Å²) in [6.45, 7) is 0.632. The van der Waals surface area contributed by atoms with Crippen LogP contribution in [0.3, 0.4) is 0 Å². The van der Waals surface area contributed by atoms with Crippen LogP contribution in [0.25, 0.3) is 0 Å². The average Bonchev–Trinajstić information content (AvgIpc) is 2.96. The third-order valence-electron chi connectivity index (χ3n) is 7.86. The maximum absolute atomic E-state index is 15.2. The minimum Gasteiger partial charge on any atom is -0.497 e. The van der Waals surface area contributed by atoms with E-state index in [1.807, 2.05) is 17.0 Å².